The molecule has 0 aliphatic heterocycles. The van der Waals surface area contributed by atoms with Crippen LogP contribution in [0, 0.1) is 0 Å². The third kappa shape index (κ3) is 3.55. The molecule has 2 heteroatoms. The molecule has 1 N–H and O–H groups in total. The molecule has 0 saturated carbocycles. The van der Waals surface area contributed by atoms with Crippen LogP contribution in [0.15, 0.2) is 0 Å². The van der Waals surface area contributed by atoms with E-state index in [9.17, 15) is 0 Å². The van der Waals surface area contributed by atoms with Crippen molar-refractivity contribution in [2.75, 3.05) is 20.3 Å². The van der Waals surface area contributed by atoms with Gasteiger partial charge in [0.15, 0.2) is 0 Å². The van der Waals surface area contributed by atoms with Gasteiger partial charge in [0.05, 0.1) is 6.61 Å². The molecule has 0 fully saturated rings. The standard InChI is InChI=1S/C10H23NO/c1-5-10(6-2,7-3)11-8-9-12-4/h11H,5-9H2,1-4H3. The molecule has 2 nitrogen and oxygen atoms in total. The fourth-order valence-electron chi connectivity index (χ4n) is 1.54. The van der Waals surface area contributed by atoms with Crippen molar-refractivity contribution in [2.24, 2.45) is 0 Å². The monoisotopic (exact) mass is 173 g/mol. The molecule has 0 amide bonds. The quantitative estimate of drug-likeness (QED) is 0.596. The summed E-state index contributed by atoms with van der Waals surface area (Å²) in [6, 6.07) is 0. The van der Waals surface area contributed by atoms with Gasteiger partial charge in [0.2, 0.25) is 0 Å². The molecule has 0 aliphatic carbocycles. The van der Waals surface area contributed by atoms with Crippen LogP contribution >= 0.6 is 0 Å². The Morgan fingerprint density at radius 1 is 1.08 bits per heavy atom. The van der Waals surface area contributed by atoms with E-state index in [1.165, 1.54) is 19.3 Å². The number of hydrogen-bond acceptors (Lipinski definition) is 2. The summed E-state index contributed by atoms with van der Waals surface area (Å²) in [5.74, 6) is 0. The molecular weight excluding hydrogens is 150 g/mol. The maximum absolute atomic E-state index is 5.01. The van der Waals surface area contributed by atoms with Crippen molar-refractivity contribution < 1.29 is 4.74 Å². The second-order valence-electron chi connectivity index (χ2n) is 3.26. The number of methoxy groups -OCH3 is 1. The third-order valence-electron chi connectivity index (χ3n) is 2.84. The van der Waals surface area contributed by atoms with Crippen molar-refractivity contribution in [3.8, 4) is 0 Å². The first-order valence-electron chi connectivity index (χ1n) is 4.98. The number of hydrogen-bond donors (Lipinski definition) is 1. The maximum Gasteiger partial charge on any atom is 0.0587 e. The Bertz CT molecular complexity index is 91.7. The van der Waals surface area contributed by atoms with Gasteiger partial charge in [0.1, 0.15) is 0 Å². The molecule has 12 heavy (non-hydrogen) atoms. The lowest BCUT2D eigenvalue weighted by atomic mass is 9.90. The Kier molecular flexibility index (Phi) is 6.39. The highest BCUT2D eigenvalue weighted by atomic mass is 16.5. The summed E-state index contributed by atoms with van der Waals surface area (Å²) in [6.45, 7) is 8.50. The molecule has 74 valence electrons. The normalized spacial score (nSPS) is 12.0. The highest BCUT2D eigenvalue weighted by molar-refractivity contribution is 4.83. The van der Waals surface area contributed by atoms with Crippen LogP contribution in [0.25, 0.3) is 0 Å². The van der Waals surface area contributed by atoms with Crippen molar-refractivity contribution >= 4 is 0 Å². The average molecular weight is 173 g/mol. The zero-order valence-electron chi connectivity index (χ0n) is 8.94. The van der Waals surface area contributed by atoms with Gasteiger partial charge in [-0.25, -0.2) is 0 Å². The van der Waals surface area contributed by atoms with Gasteiger partial charge in [-0.05, 0) is 19.3 Å². The van der Waals surface area contributed by atoms with Crippen LogP contribution in [0.2, 0.25) is 0 Å². The Hall–Kier alpha value is -0.0800. The van der Waals surface area contributed by atoms with Crippen molar-refractivity contribution in [1.82, 2.24) is 5.32 Å². The molecule has 0 bridgehead atoms. The first-order valence-corrected chi connectivity index (χ1v) is 4.98. The summed E-state index contributed by atoms with van der Waals surface area (Å²) in [4.78, 5) is 0. The fourth-order valence-corrected chi connectivity index (χ4v) is 1.54. The van der Waals surface area contributed by atoms with Crippen LogP contribution in [0.3, 0.4) is 0 Å². The minimum atomic E-state index is 0.346. The summed E-state index contributed by atoms with van der Waals surface area (Å²) in [5.41, 5.74) is 0.346. The van der Waals surface area contributed by atoms with Gasteiger partial charge in [-0.3, -0.25) is 0 Å². The van der Waals surface area contributed by atoms with E-state index in [2.05, 4.69) is 26.1 Å². The first-order chi connectivity index (χ1) is 5.74. The SMILES string of the molecule is CCC(CC)(CC)NCCOC. The molecule has 0 rings (SSSR count). The zero-order valence-corrected chi connectivity index (χ0v) is 8.94. The summed E-state index contributed by atoms with van der Waals surface area (Å²) in [5, 5.41) is 3.56. The van der Waals surface area contributed by atoms with E-state index in [0.29, 0.717) is 5.54 Å². The van der Waals surface area contributed by atoms with Gasteiger partial charge < -0.3 is 10.1 Å². The Balaban J connectivity index is 3.76. The van der Waals surface area contributed by atoms with Gasteiger partial charge in [-0.2, -0.15) is 0 Å². The van der Waals surface area contributed by atoms with Gasteiger partial charge >= 0.3 is 0 Å². The van der Waals surface area contributed by atoms with Crippen LogP contribution in [-0.2, 0) is 4.74 Å². The smallest absolute Gasteiger partial charge is 0.0587 e. The van der Waals surface area contributed by atoms with Crippen molar-refractivity contribution in [2.45, 2.75) is 45.6 Å². The number of rotatable bonds is 7. The molecule has 0 aromatic carbocycles. The van der Waals surface area contributed by atoms with Crippen LogP contribution in [0.5, 0.6) is 0 Å². The molecule has 0 aromatic rings. The average Bonchev–Trinajstić information content (AvgIpc) is 2.14. The summed E-state index contributed by atoms with van der Waals surface area (Å²) < 4.78 is 5.01. The lowest BCUT2D eigenvalue weighted by Gasteiger charge is -2.31. The molecule has 0 saturated heterocycles. The maximum atomic E-state index is 5.01. The molecule has 0 aromatic heterocycles. The van der Waals surface area contributed by atoms with Gasteiger partial charge in [0, 0.05) is 19.2 Å². The van der Waals surface area contributed by atoms with Crippen LogP contribution in [0.1, 0.15) is 40.0 Å². The van der Waals surface area contributed by atoms with Crippen LogP contribution < -0.4 is 5.32 Å². The predicted molar refractivity (Wildman–Crippen MR) is 53.5 cm³/mol. The molecule has 0 aliphatic rings. The molecule has 0 heterocycles. The fraction of sp³-hybridized carbons (Fsp3) is 1.00. The molecular formula is C10H23NO. The summed E-state index contributed by atoms with van der Waals surface area (Å²) in [6.07, 6.45) is 3.59. The lowest BCUT2D eigenvalue weighted by Crippen LogP contribution is -2.45. The van der Waals surface area contributed by atoms with Gasteiger partial charge in [0.25, 0.3) is 0 Å². The van der Waals surface area contributed by atoms with E-state index in [4.69, 9.17) is 4.74 Å². The van der Waals surface area contributed by atoms with Gasteiger partial charge in [-0.1, -0.05) is 20.8 Å². The number of nitrogens with one attached hydrogen (secondary N) is 1. The summed E-state index contributed by atoms with van der Waals surface area (Å²) in [7, 11) is 1.74. The molecule has 0 radical (unpaired) electrons. The van der Waals surface area contributed by atoms with E-state index < -0.39 is 0 Å². The topological polar surface area (TPSA) is 21.3 Å². The van der Waals surface area contributed by atoms with E-state index in [-0.39, 0.29) is 0 Å². The van der Waals surface area contributed by atoms with Crippen molar-refractivity contribution in [3.05, 3.63) is 0 Å². The Labute approximate surface area is 76.7 Å². The lowest BCUT2D eigenvalue weighted by molar-refractivity contribution is 0.178. The second-order valence-corrected chi connectivity index (χ2v) is 3.26. The zero-order chi connectivity index (χ0) is 9.45. The predicted octanol–water partition coefficient (Wildman–Crippen LogP) is 2.19. The first kappa shape index (κ1) is 11.9. The minimum Gasteiger partial charge on any atom is -0.383 e. The van der Waals surface area contributed by atoms with E-state index >= 15 is 0 Å². The van der Waals surface area contributed by atoms with E-state index in [0.717, 1.165) is 13.2 Å². The van der Waals surface area contributed by atoms with E-state index in [1.807, 2.05) is 0 Å². The van der Waals surface area contributed by atoms with Crippen molar-refractivity contribution in [1.29, 1.82) is 0 Å². The molecule has 0 unspecified atom stereocenters. The van der Waals surface area contributed by atoms with Crippen LogP contribution in [0.4, 0.5) is 0 Å². The van der Waals surface area contributed by atoms with E-state index in [1.54, 1.807) is 7.11 Å². The largest absolute Gasteiger partial charge is 0.383 e. The Morgan fingerprint density at radius 2 is 1.58 bits per heavy atom. The van der Waals surface area contributed by atoms with Crippen molar-refractivity contribution in [3.63, 3.8) is 0 Å². The second kappa shape index (κ2) is 6.44. The van der Waals surface area contributed by atoms with Gasteiger partial charge in [-0.15, -0.1) is 0 Å². The number of ether oxygens (including phenoxy) is 1. The Morgan fingerprint density at radius 3 is 1.92 bits per heavy atom. The highest BCUT2D eigenvalue weighted by Crippen LogP contribution is 2.18. The van der Waals surface area contributed by atoms with Crippen LogP contribution in [-0.4, -0.2) is 25.8 Å². The third-order valence-corrected chi connectivity index (χ3v) is 2.84. The molecule has 0 atom stereocenters. The highest BCUT2D eigenvalue weighted by Gasteiger charge is 2.21. The molecule has 0 spiro atoms. The minimum absolute atomic E-state index is 0.346. The summed E-state index contributed by atoms with van der Waals surface area (Å²) >= 11 is 0.